The first kappa shape index (κ1) is 12.7. The lowest BCUT2D eigenvalue weighted by molar-refractivity contribution is -0.131. The SMILES string of the molecule is O=C(O)/C=C/C=C/C=C/C12CC3CC(CC(C3)C1)C2. The van der Waals surface area contributed by atoms with Gasteiger partial charge in [-0.05, 0) is 61.7 Å². The molecule has 0 aromatic carbocycles. The Kier molecular flexibility index (Phi) is 3.34. The fourth-order valence-corrected chi connectivity index (χ4v) is 4.91. The van der Waals surface area contributed by atoms with Gasteiger partial charge in [-0.25, -0.2) is 4.79 Å². The number of rotatable bonds is 4. The van der Waals surface area contributed by atoms with Crippen molar-refractivity contribution in [1.29, 1.82) is 0 Å². The van der Waals surface area contributed by atoms with Crippen molar-refractivity contribution in [2.45, 2.75) is 38.5 Å². The van der Waals surface area contributed by atoms with Gasteiger partial charge >= 0.3 is 5.97 Å². The molecular formula is C17H22O2. The van der Waals surface area contributed by atoms with Gasteiger partial charge in [-0.2, -0.15) is 0 Å². The maximum Gasteiger partial charge on any atom is 0.328 e. The molecule has 102 valence electrons. The topological polar surface area (TPSA) is 37.3 Å². The van der Waals surface area contributed by atoms with Crippen LogP contribution in [0, 0.1) is 23.2 Å². The first-order valence-corrected chi connectivity index (χ1v) is 7.41. The summed E-state index contributed by atoms with van der Waals surface area (Å²) in [7, 11) is 0. The van der Waals surface area contributed by atoms with Gasteiger partial charge in [0.1, 0.15) is 0 Å². The summed E-state index contributed by atoms with van der Waals surface area (Å²) in [5.41, 5.74) is 0.468. The molecule has 0 aromatic heterocycles. The van der Waals surface area contributed by atoms with Crippen molar-refractivity contribution < 1.29 is 9.90 Å². The van der Waals surface area contributed by atoms with Crippen molar-refractivity contribution in [3.05, 3.63) is 36.5 Å². The average molecular weight is 258 g/mol. The van der Waals surface area contributed by atoms with Gasteiger partial charge in [0, 0.05) is 6.08 Å². The molecule has 4 saturated carbocycles. The Balaban J connectivity index is 1.61. The van der Waals surface area contributed by atoms with Crippen LogP contribution in [-0.2, 0) is 4.79 Å². The molecule has 2 heteroatoms. The third kappa shape index (κ3) is 2.83. The first-order valence-electron chi connectivity index (χ1n) is 7.41. The quantitative estimate of drug-likeness (QED) is 0.612. The van der Waals surface area contributed by atoms with Crippen LogP contribution in [0.3, 0.4) is 0 Å². The Bertz CT molecular complexity index is 407. The summed E-state index contributed by atoms with van der Waals surface area (Å²) in [4.78, 5) is 10.3. The van der Waals surface area contributed by atoms with Gasteiger partial charge < -0.3 is 5.11 Å². The summed E-state index contributed by atoms with van der Waals surface area (Å²) in [6, 6.07) is 0. The first-order chi connectivity index (χ1) is 9.15. The third-order valence-electron chi connectivity index (χ3n) is 5.11. The number of carboxylic acids is 1. The van der Waals surface area contributed by atoms with Crippen LogP contribution in [0.15, 0.2) is 36.5 Å². The van der Waals surface area contributed by atoms with Crippen molar-refractivity contribution >= 4 is 5.97 Å². The molecule has 0 saturated heterocycles. The van der Waals surface area contributed by atoms with Crippen LogP contribution in [0.4, 0.5) is 0 Å². The van der Waals surface area contributed by atoms with E-state index in [1.54, 1.807) is 12.2 Å². The zero-order chi connectivity index (χ0) is 13.3. The molecule has 2 nitrogen and oxygen atoms in total. The fourth-order valence-electron chi connectivity index (χ4n) is 4.91. The van der Waals surface area contributed by atoms with E-state index in [-0.39, 0.29) is 0 Å². The van der Waals surface area contributed by atoms with E-state index >= 15 is 0 Å². The van der Waals surface area contributed by atoms with E-state index in [1.165, 1.54) is 38.5 Å². The molecule has 19 heavy (non-hydrogen) atoms. The predicted octanol–water partition coefficient (Wildman–Crippen LogP) is 3.96. The smallest absolute Gasteiger partial charge is 0.328 e. The zero-order valence-electron chi connectivity index (χ0n) is 11.3. The number of hydrogen-bond donors (Lipinski definition) is 1. The van der Waals surface area contributed by atoms with E-state index in [2.05, 4.69) is 12.2 Å². The minimum atomic E-state index is -0.894. The van der Waals surface area contributed by atoms with Gasteiger partial charge in [-0.1, -0.05) is 30.4 Å². The average Bonchev–Trinajstić information content (AvgIpc) is 2.31. The monoisotopic (exact) mass is 258 g/mol. The predicted molar refractivity (Wildman–Crippen MR) is 75.7 cm³/mol. The van der Waals surface area contributed by atoms with Crippen molar-refractivity contribution in [2.24, 2.45) is 23.2 Å². The van der Waals surface area contributed by atoms with Crippen LogP contribution in [-0.4, -0.2) is 11.1 Å². The van der Waals surface area contributed by atoms with Gasteiger partial charge in [0.05, 0.1) is 0 Å². The van der Waals surface area contributed by atoms with Crippen molar-refractivity contribution in [3.63, 3.8) is 0 Å². The Morgan fingerprint density at radius 3 is 1.95 bits per heavy atom. The van der Waals surface area contributed by atoms with Crippen LogP contribution in [0.25, 0.3) is 0 Å². The van der Waals surface area contributed by atoms with Gasteiger partial charge in [-0.15, -0.1) is 0 Å². The van der Waals surface area contributed by atoms with Crippen molar-refractivity contribution in [2.75, 3.05) is 0 Å². The van der Waals surface area contributed by atoms with E-state index in [9.17, 15) is 4.79 Å². The van der Waals surface area contributed by atoms with Gasteiger partial charge in [0.2, 0.25) is 0 Å². The lowest BCUT2D eigenvalue weighted by Gasteiger charge is -2.55. The molecular weight excluding hydrogens is 236 g/mol. The Hall–Kier alpha value is -1.31. The van der Waals surface area contributed by atoms with Gasteiger partial charge in [0.15, 0.2) is 0 Å². The number of carboxylic acid groups (broad SMARTS) is 1. The highest BCUT2D eigenvalue weighted by atomic mass is 16.4. The van der Waals surface area contributed by atoms with E-state index in [0.29, 0.717) is 5.41 Å². The van der Waals surface area contributed by atoms with Crippen molar-refractivity contribution in [3.8, 4) is 0 Å². The Labute approximate surface area is 114 Å². The highest BCUT2D eigenvalue weighted by molar-refractivity contribution is 5.80. The van der Waals surface area contributed by atoms with E-state index in [0.717, 1.165) is 23.8 Å². The molecule has 0 aliphatic heterocycles. The molecule has 0 heterocycles. The summed E-state index contributed by atoms with van der Waals surface area (Å²) in [5.74, 6) is 2.04. The molecule has 0 aromatic rings. The Morgan fingerprint density at radius 1 is 0.895 bits per heavy atom. The molecule has 0 spiro atoms. The van der Waals surface area contributed by atoms with Crippen LogP contribution < -0.4 is 0 Å². The molecule has 4 fully saturated rings. The molecule has 4 rings (SSSR count). The van der Waals surface area contributed by atoms with Crippen LogP contribution in [0.5, 0.6) is 0 Å². The lowest BCUT2D eigenvalue weighted by atomic mass is 9.49. The maximum absolute atomic E-state index is 10.3. The number of carbonyl (C=O) groups is 1. The summed E-state index contributed by atoms with van der Waals surface area (Å²) in [6.07, 6.45) is 19.6. The zero-order valence-corrected chi connectivity index (χ0v) is 11.3. The summed E-state index contributed by atoms with van der Waals surface area (Å²) in [5, 5.41) is 8.49. The fraction of sp³-hybridized carbons (Fsp3) is 0.588. The Morgan fingerprint density at radius 2 is 1.42 bits per heavy atom. The highest BCUT2D eigenvalue weighted by Crippen LogP contribution is 2.60. The third-order valence-corrected chi connectivity index (χ3v) is 5.11. The molecule has 1 N–H and O–H groups in total. The summed E-state index contributed by atoms with van der Waals surface area (Å²) >= 11 is 0. The normalized spacial score (nSPS) is 40.9. The molecule has 0 amide bonds. The maximum atomic E-state index is 10.3. The van der Waals surface area contributed by atoms with Crippen LogP contribution in [0.1, 0.15) is 38.5 Å². The van der Waals surface area contributed by atoms with E-state index < -0.39 is 5.97 Å². The molecule has 0 unspecified atom stereocenters. The summed E-state index contributed by atoms with van der Waals surface area (Å²) < 4.78 is 0. The largest absolute Gasteiger partial charge is 0.478 e. The second kappa shape index (κ2) is 4.99. The molecule has 4 bridgehead atoms. The molecule has 4 aliphatic rings. The number of aliphatic carboxylic acids is 1. The second-order valence-corrected chi connectivity index (χ2v) is 6.72. The van der Waals surface area contributed by atoms with Gasteiger partial charge in [0.25, 0.3) is 0 Å². The number of allylic oxidation sites excluding steroid dienone is 5. The van der Waals surface area contributed by atoms with E-state index in [4.69, 9.17) is 5.11 Å². The van der Waals surface area contributed by atoms with Gasteiger partial charge in [-0.3, -0.25) is 0 Å². The highest BCUT2D eigenvalue weighted by Gasteiger charge is 2.49. The molecule has 0 radical (unpaired) electrons. The van der Waals surface area contributed by atoms with Crippen LogP contribution in [0.2, 0.25) is 0 Å². The lowest BCUT2D eigenvalue weighted by Crippen LogP contribution is -2.44. The van der Waals surface area contributed by atoms with Crippen molar-refractivity contribution in [1.82, 2.24) is 0 Å². The van der Waals surface area contributed by atoms with E-state index in [1.807, 2.05) is 6.08 Å². The second-order valence-electron chi connectivity index (χ2n) is 6.72. The number of hydrogen-bond acceptors (Lipinski definition) is 1. The van der Waals surface area contributed by atoms with Crippen LogP contribution >= 0.6 is 0 Å². The summed E-state index contributed by atoms with van der Waals surface area (Å²) in [6.45, 7) is 0. The minimum absolute atomic E-state index is 0.468. The molecule has 0 atom stereocenters. The minimum Gasteiger partial charge on any atom is -0.478 e. The molecule has 4 aliphatic carbocycles. The standard InChI is InChI=1S/C17H22O2/c18-16(19)5-3-1-2-4-6-17-10-13-7-14(11-17)9-15(8-13)12-17/h1-6,13-15H,7-12H2,(H,18,19)/b2-1+,5-3+,6-4+.